The molecule has 4 aromatic carbocycles. The topological polar surface area (TPSA) is 82.2 Å². The summed E-state index contributed by atoms with van der Waals surface area (Å²) in [5.41, 5.74) is 9.32. The lowest BCUT2D eigenvalue weighted by Gasteiger charge is -2.12. The molecular weight excluding hydrogens is 512 g/mol. The average molecular weight is 545 g/mol. The maximum Gasteiger partial charge on any atom is 0.511 e. The van der Waals surface area contributed by atoms with Gasteiger partial charge in [0.2, 0.25) is 0 Å². The monoisotopic (exact) mass is 544 g/mol. The van der Waals surface area contributed by atoms with Crippen LogP contribution in [0.1, 0.15) is 37.2 Å². The van der Waals surface area contributed by atoms with Crippen LogP contribution >= 0.6 is 0 Å². The SMILES string of the molecule is CCCc1nc2c(CC)cc(-c3nc4ccccc4n3C)cc2n1Cc1ccc(-c2ccccc2OC(=O)O)cc1. The third-order valence-corrected chi connectivity index (χ3v) is 7.60. The molecule has 6 rings (SSSR count). The van der Waals surface area contributed by atoms with Gasteiger partial charge in [-0.2, -0.15) is 0 Å². The van der Waals surface area contributed by atoms with Crippen molar-refractivity contribution >= 4 is 28.2 Å². The summed E-state index contributed by atoms with van der Waals surface area (Å²) in [7, 11) is 2.07. The van der Waals surface area contributed by atoms with Gasteiger partial charge in [0.1, 0.15) is 17.4 Å². The number of imidazole rings is 2. The molecular formula is C34H32N4O3. The lowest BCUT2D eigenvalue weighted by Crippen LogP contribution is -2.06. The largest absolute Gasteiger partial charge is 0.511 e. The Hall–Kier alpha value is -4.91. The van der Waals surface area contributed by atoms with Gasteiger partial charge in [-0.1, -0.05) is 68.4 Å². The van der Waals surface area contributed by atoms with Crippen molar-refractivity contribution in [2.75, 3.05) is 0 Å². The zero-order chi connectivity index (χ0) is 28.5. The Bertz CT molecular complexity index is 1880. The van der Waals surface area contributed by atoms with Crippen molar-refractivity contribution in [3.8, 4) is 28.3 Å². The first-order valence-corrected chi connectivity index (χ1v) is 14.0. The predicted octanol–water partition coefficient (Wildman–Crippen LogP) is 7.88. The van der Waals surface area contributed by atoms with Crippen LogP contribution in [-0.2, 0) is 26.4 Å². The fourth-order valence-corrected chi connectivity index (χ4v) is 5.59. The molecule has 0 amide bonds. The number of benzene rings is 4. The number of hydrogen-bond acceptors (Lipinski definition) is 4. The summed E-state index contributed by atoms with van der Waals surface area (Å²) in [6.07, 6.45) is 1.44. The fourth-order valence-electron chi connectivity index (χ4n) is 5.59. The lowest BCUT2D eigenvalue weighted by atomic mass is 10.0. The first-order valence-electron chi connectivity index (χ1n) is 14.0. The fraction of sp³-hybridized carbons (Fsp3) is 0.206. The zero-order valence-corrected chi connectivity index (χ0v) is 23.5. The molecule has 0 saturated carbocycles. The van der Waals surface area contributed by atoms with Gasteiger partial charge in [-0.25, -0.2) is 14.8 Å². The van der Waals surface area contributed by atoms with Crippen LogP contribution < -0.4 is 4.74 Å². The Labute approximate surface area is 238 Å². The second kappa shape index (κ2) is 10.9. The smallest absolute Gasteiger partial charge is 0.449 e. The number of carbonyl (C=O) groups is 1. The summed E-state index contributed by atoms with van der Waals surface area (Å²) in [6.45, 7) is 5.03. The maximum atomic E-state index is 11.2. The number of hydrogen-bond donors (Lipinski definition) is 1. The van der Waals surface area contributed by atoms with E-state index < -0.39 is 6.16 Å². The van der Waals surface area contributed by atoms with Crippen molar-refractivity contribution in [3.05, 3.63) is 102 Å². The van der Waals surface area contributed by atoms with Crippen LogP contribution in [0.3, 0.4) is 0 Å². The van der Waals surface area contributed by atoms with Crippen molar-refractivity contribution in [3.63, 3.8) is 0 Å². The van der Waals surface area contributed by atoms with E-state index in [0.29, 0.717) is 12.3 Å². The molecule has 0 radical (unpaired) electrons. The van der Waals surface area contributed by atoms with E-state index in [0.717, 1.165) is 75.2 Å². The Balaban J connectivity index is 1.42. The third kappa shape index (κ3) is 4.95. The Kier molecular flexibility index (Phi) is 7.01. The Morgan fingerprint density at radius 3 is 2.37 bits per heavy atom. The summed E-state index contributed by atoms with van der Waals surface area (Å²) in [5, 5.41) is 9.13. The van der Waals surface area contributed by atoms with Crippen molar-refractivity contribution in [1.29, 1.82) is 0 Å². The van der Waals surface area contributed by atoms with Gasteiger partial charge in [-0.05, 0) is 59.9 Å². The van der Waals surface area contributed by atoms with Gasteiger partial charge in [0, 0.05) is 31.1 Å². The number of fused-ring (bicyclic) bond motifs is 2. The standard InChI is InChI=1S/C34H32N4O3/c1-4-10-31-36-32-23(5-2)19-25(33-35-27-12-7-8-13-28(27)37(33)3)20-29(32)38(31)21-22-15-17-24(18-16-22)26-11-6-9-14-30(26)41-34(39)40/h6-9,11-20H,4-5,10,21H2,1-3H3,(H,39,40). The third-order valence-electron chi connectivity index (χ3n) is 7.60. The highest BCUT2D eigenvalue weighted by molar-refractivity contribution is 5.87. The van der Waals surface area contributed by atoms with E-state index in [1.54, 1.807) is 12.1 Å². The predicted molar refractivity (Wildman–Crippen MR) is 162 cm³/mol. The van der Waals surface area contributed by atoms with Crippen LogP contribution in [0, 0.1) is 0 Å². The second-order valence-corrected chi connectivity index (χ2v) is 10.3. The van der Waals surface area contributed by atoms with Gasteiger partial charge < -0.3 is 19.0 Å². The van der Waals surface area contributed by atoms with E-state index in [-0.39, 0.29) is 0 Å². The highest BCUT2D eigenvalue weighted by Crippen LogP contribution is 2.33. The van der Waals surface area contributed by atoms with E-state index in [1.807, 2.05) is 36.4 Å². The summed E-state index contributed by atoms with van der Waals surface area (Å²) in [5.74, 6) is 2.34. The molecule has 0 aliphatic rings. The number of rotatable bonds is 8. The summed E-state index contributed by atoms with van der Waals surface area (Å²) in [4.78, 5) is 21.3. The molecule has 2 aromatic heterocycles. The molecule has 0 unspecified atom stereocenters. The van der Waals surface area contributed by atoms with Crippen molar-refractivity contribution < 1.29 is 14.6 Å². The zero-order valence-electron chi connectivity index (χ0n) is 23.5. The maximum absolute atomic E-state index is 11.2. The van der Waals surface area contributed by atoms with Crippen molar-refractivity contribution in [1.82, 2.24) is 19.1 Å². The number of carboxylic acid groups (broad SMARTS) is 1. The number of nitrogens with zero attached hydrogens (tertiary/aromatic N) is 4. The normalized spacial score (nSPS) is 11.4. The number of ether oxygens (including phenoxy) is 1. The summed E-state index contributed by atoms with van der Waals surface area (Å²) in [6, 6.07) is 28.1. The Morgan fingerprint density at radius 1 is 0.878 bits per heavy atom. The van der Waals surface area contributed by atoms with Gasteiger partial charge >= 0.3 is 6.16 Å². The van der Waals surface area contributed by atoms with Crippen LogP contribution in [0.4, 0.5) is 4.79 Å². The van der Waals surface area contributed by atoms with Crippen LogP contribution in [0.25, 0.3) is 44.6 Å². The molecule has 0 bridgehead atoms. The van der Waals surface area contributed by atoms with Crippen molar-refractivity contribution in [2.24, 2.45) is 7.05 Å². The minimum absolute atomic E-state index is 0.320. The van der Waals surface area contributed by atoms with E-state index >= 15 is 0 Å². The number of aryl methyl sites for hydroxylation is 3. The van der Waals surface area contributed by atoms with Gasteiger partial charge in [-0.3, -0.25) is 0 Å². The average Bonchev–Trinajstić information content (AvgIpc) is 3.50. The van der Waals surface area contributed by atoms with Gasteiger partial charge in [0.15, 0.2) is 0 Å². The molecule has 41 heavy (non-hydrogen) atoms. The summed E-state index contributed by atoms with van der Waals surface area (Å²) < 4.78 is 9.50. The number of aromatic nitrogens is 4. The molecule has 1 N–H and O–H groups in total. The van der Waals surface area contributed by atoms with Crippen LogP contribution in [0.2, 0.25) is 0 Å². The van der Waals surface area contributed by atoms with E-state index in [9.17, 15) is 4.79 Å². The summed E-state index contributed by atoms with van der Waals surface area (Å²) >= 11 is 0. The molecule has 0 spiro atoms. The van der Waals surface area contributed by atoms with Crippen LogP contribution in [0.15, 0.2) is 84.9 Å². The van der Waals surface area contributed by atoms with Crippen molar-refractivity contribution in [2.45, 2.75) is 39.7 Å². The van der Waals surface area contributed by atoms with Gasteiger partial charge in [0.05, 0.1) is 22.1 Å². The van der Waals surface area contributed by atoms with E-state index in [4.69, 9.17) is 19.8 Å². The molecule has 0 fully saturated rings. The highest BCUT2D eigenvalue weighted by atomic mass is 16.7. The van der Waals surface area contributed by atoms with E-state index in [2.05, 4.69) is 66.4 Å². The lowest BCUT2D eigenvalue weighted by molar-refractivity contribution is 0.144. The Morgan fingerprint density at radius 2 is 1.63 bits per heavy atom. The van der Waals surface area contributed by atoms with E-state index in [1.165, 1.54) is 5.56 Å². The highest BCUT2D eigenvalue weighted by Gasteiger charge is 2.18. The van der Waals surface area contributed by atoms with Gasteiger partial charge in [-0.15, -0.1) is 0 Å². The minimum atomic E-state index is -1.33. The molecule has 0 aliphatic heterocycles. The first-order chi connectivity index (χ1) is 20.0. The van der Waals surface area contributed by atoms with Crippen LogP contribution in [-0.4, -0.2) is 30.4 Å². The molecule has 0 saturated heterocycles. The second-order valence-electron chi connectivity index (χ2n) is 10.3. The first kappa shape index (κ1) is 26.3. The number of para-hydroxylation sites is 3. The van der Waals surface area contributed by atoms with Crippen LogP contribution in [0.5, 0.6) is 5.75 Å². The molecule has 2 heterocycles. The molecule has 206 valence electrons. The van der Waals surface area contributed by atoms with Gasteiger partial charge in [0.25, 0.3) is 0 Å². The molecule has 7 heteroatoms. The quantitative estimate of drug-likeness (QED) is 0.156. The minimum Gasteiger partial charge on any atom is -0.449 e. The molecule has 6 aromatic rings. The molecule has 0 atom stereocenters. The molecule has 7 nitrogen and oxygen atoms in total. The molecule has 0 aliphatic carbocycles.